The Balaban J connectivity index is 1.37. The number of aromatic nitrogens is 4. The van der Waals surface area contributed by atoms with Gasteiger partial charge in [-0.3, -0.25) is 9.30 Å². The third-order valence-electron chi connectivity index (χ3n) is 6.94. The van der Waals surface area contributed by atoms with E-state index in [9.17, 15) is 13.2 Å². The summed E-state index contributed by atoms with van der Waals surface area (Å²) in [5.41, 5.74) is 0.113. The Hall–Kier alpha value is -2.72. The summed E-state index contributed by atoms with van der Waals surface area (Å²) in [6, 6.07) is 4.97. The minimum Gasteiger partial charge on any atom is -0.381 e. The van der Waals surface area contributed by atoms with Crippen LogP contribution in [0.5, 0.6) is 0 Å². The summed E-state index contributed by atoms with van der Waals surface area (Å²) in [4.78, 5) is 18.1. The molecular formula is C24H29F3N6O. The first kappa shape index (κ1) is 23.0. The van der Waals surface area contributed by atoms with E-state index in [2.05, 4.69) is 33.6 Å². The van der Waals surface area contributed by atoms with Crippen LogP contribution >= 0.6 is 0 Å². The molecule has 5 rings (SSSR count). The number of alkyl halides is 3. The third-order valence-corrected chi connectivity index (χ3v) is 6.94. The van der Waals surface area contributed by atoms with Crippen molar-refractivity contribution in [3.8, 4) is 11.5 Å². The van der Waals surface area contributed by atoms with Crippen molar-refractivity contribution >= 4 is 11.5 Å². The van der Waals surface area contributed by atoms with Crippen LogP contribution in [0.2, 0.25) is 0 Å². The highest BCUT2D eigenvalue weighted by Crippen LogP contribution is 2.31. The van der Waals surface area contributed by atoms with Gasteiger partial charge in [-0.2, -0.15) is 13.2 Å². The van der Waals surface area contributed by atoms with Crippen LogP contribution in [-0.2, 0) is 10.9 Å². The van der Waals surface area contributed by atoms with Crippen molar-refractivity contribution in [2.24, 2.45) is 5.92 Å². The topological polar surface area (TPSA) is 58.8 Å². The number of anilines is 1. The summed E-state index contributed by atoms with van der Waals surface area (Å²) in [6.07, 6.45) is 2.02. The van der Waals surface area contributed by atoms with Crippen molar-refractivity contribution in [3.05, 3.63) is 42.4 Å². The quantitative estimate of drug-likeness (QED) is 0.567. The summed E-state index contributed by atoms with van der Waals surface area (Å²) in [5.74, 6) is 1.80. The first-order chi connectivity index (χ1) is 16.3. The Bertz CT molecular complexity index is 1130. The first-order valence-corrected chi connectivity index (χ1v) is 11.8. The second-order valence-electron chi connectivity index (χ2n) is 9.38. The molecule has 5 heterocycles. The van der Waals surface area contributed by atoms with Crippen molar-refractivity contribution in [1.29, 1.82) is 0 Å². The molecule has 10 heteroatoms. The van der Waals surface area contributed by atoms with Crippen LogP contribution in [0.1, 0.15) is 32.3 Å². The van der Waals surface area contributed by atoms with E-state index >= 15 is 0 Å². The van der Waals surface area contributed by atoms with E-state index in [1.165, 1.54) is 16.7 Å². The van der Waals surface area contributed by atoms with Crippen LogP contribution in [0.15, 0.2) is 36.8 Å². The number of pyridine rings is 1. The number of fused-ring (bicyclic) bond motifs is 1. The number of piperazine rings is 1. The van der Waals surface area contributed by atoms with Crippen LogP contribution < -0.4 is 4.90 Å². The summed E-state index contributed by atoms with van der Waals surface area (Å²) >= 11 is 0. The average Bonchev–Trinajstić information content (AvgIpc) is 3.25. The van der Waals surface area contributed by atoms with Gasteiger partial charge in [0.2, 0.25) is 0 Å². The van der Waals surface area contributed by atoms with E-state index in [1.807, 2.05) is 6.07 Å². The molecule has 2 saturated heterocycles. The highest BCUT2D eigenvalue weighted by Gasteiger charge is 2.33. The van der Waals surface area contributed by atoms with Gasteiger partial charge < -0.3 is 9.64 Å². The van der Waals surface area contributed by atoms with Crippen molar-refractivity contribution in [2.45, 2.75) is 44.9 Å². The molecule has 2 atom stereocenters. The van der Waals surface area contributed by atoms with E-state index in [1.54, 1.807) is 6.20 Å². The molecule has 3 aromatic heterocycles. The molecule has 0 aliphatic carbocycles. The maximum Gasteiger partial charge on any atom is 0.417 e. The Labute approximate surface area is 196 Å². The zero-order valence-electron chi connectivity index (χ0n) is 19.4. The summed E-state index contributed by atoms with van der Waals surface area (Å²) in [6.45, 7) is 8.93. The number of hydrogen-bond donors (Lipinski definition) is 0. The summed E-state index contributed by atoms with van der Waals surface area (Å²) in [7, 11) is 0. The van der Waals surface area contributed by atoms with Crippen LogP contribution in [0.4, 0.5) is 19.0 Å². The van der Waals surface area contributed by atoms with Gasteiger partial charge in [0.05, 0.1) is 11.8 Å². The molecule has 0 saturated carbocycles. The highest BCUT2D eigenvalue weighted by atomic mass is 19.4. The number of halogens is 3. The maximum absolute atomic E-state index is 13.2. The van der Waals surface area contributed by atoms with E-state index in [4.69, 9.17) is 9.72 Å². The van der Waals surface area contributed by atoms with E-state index < -0.39 is 11.7 Å². The van der Waals surface area contributed by atoms with E-state index in [0.29, 0.717) is 35.2 Å². The predicted octanol–water partition coefficient (Wildman–Crippen LogP) is 4.14. The van der Waals surface area contributed by atoms with Crippen molar-refractivity contribution in [1.82, 2.24) is 24.3 Å². The fourth-order valence-electron chi connectivity index (χ4n) is 5.09. The molecule has 0 spiro atoms. The van der Waals surface area contributed by atoms with Crippen LogP contribution in [-0.4, -0.2) is 69.2 Å². The fraction of sp³-hybridized carbons (Fsp3) is 0.542. The van der Waals surface area contributed by atoms with Crippen molar-refractivity contribution < 1.29 is 17.9 Å². The normalized spacial score (nSPS) is 23.0. The lowest BCUT2D eigenvalue weighted by molar-refractivity contribution is -0.137. The lowest BCUT2D eigenvalue weighted by atomic mass is 9.97. The molecule has 34 heavy (non-hydrogen) atoms. The largest absolute Gasteiger partial charge is 0.417 e. The van der Waals surface area contributed by atoms with E-state index in [-0.39, 0.29) is 0 Å². The summed E-state index contributed by atoms with van der Waals surface area (Å²) < 4.78 is 46.6. The molecule has 0 bridgehead atoms. The van der Waals surface area contributed by atoms with Crippen LogP contribution in [0.25, 0.3) is 17.2 Å². The predicted molar refractivity (Wildman–Crippen MR) is 123 cm³/mol. The van der Waals surface area contributed by atoms with Gasteiger partial charge in [-0.1, -0.05) is 0 Å². The molecular weight excluding hydrogens is 445 g/mol. The van der Waals surface area contributed by atoms with Gasteiger partial charge in [-0.05, 0) is 50.8 Å². The molecule has 2 fully saturated rings. The summed E-state index contributed by atoms with van der Waals surface area (Å²) in [5, 5.41) is 0. The smallest absolute Gasteiger partial charge is 0.381 e. The molecule has 7 nitrogen and oxygen atoms in total. The minimum atomic E-state index is -4.44. The molecule has 0 amide bonds. The molecule has 2 aliphatic heterocycles. The molecule has 182 valence electrons. The lowest BCUT2D eigenvalue weighted by Crippen LogP contribution is -2.58. The number of hydrogen-bond acceptors (Lipinski definition) is 6. The lowest BCUT2D eigenvalue weighted by Gasteiger charge is -2.46. The number of nitrogens with zero attached hydrogens (tertiary/aromatic N) is 6. The molecule has 3 aromatic rings. The van der Waals surface area contributed by atoms with Crippen molar-refractivity contribution in [3.63, 3.8) is 0 Å². The van der Waals surface area contributed by atoms with Crippen LogP contribution in [0, 0.1) is 5.92 Å². The molecule has 2 unspecified atom stereocenters. The van der Waals surface area contributed by atoms with Gasteiger partial charge in [0, 0.05) is 57.3 Å². The number of rotatable bonds is 4. The second-order valence-corrected chi connectivity index (χ2v) is 9.38. The molecule has 0 radical (unpaired) electrons. The van der Waals surface area contributed by atoms with Gasteiger partial charge in [0.25, 0.3) is 0 Å². The van der Waals surface area contributed by atoms with Gasteiger partial charge in [0.1, 0.15) is 17.2 Å². The van der Waals surface area contributed by atoms with Gasteiger partial charge in [0.15, 0.2) is 5.82 Å². The second kappa shape index (κ2) is 9.14. The van der Waals surface area contributed by atoms with Gasteiger partial charge in [-0.15, -0.1) is 0 Å². The minimum absolute atomic E-state index is 0.356. The Morgan fingerprint density at radius 3 is 2.47 bits per heavy atom. The van der Waals surface area contributed by atoms with Gasteiger partial charge >= 0.3 is 6.18 Å². The zero-order valence-corrected chi connectivity index (χ0v) is 19.4. The monoisotopic (exact) mass is 474 g/mol. The van der Waals surface area contributed by atoms with Crippen molar-refractivity contribution in [2.75, 3.05) is 37.7 Å². The SMILES string of the molecule is CC1CN(c2ccnc(-c3cnc4ccc(C(F)(F)F)cn34)n2)CC(C)N1CC1CCOCC1. The molecule has 0 N–H and O–H groups in total. The number of imidazole rings is 1. The zero-order chi connectivity index (χ0) is 23.9. The fourth-order valence-corrected chi connectivity index (χ4v) is 5.09. The Morgan fingerprint density at radius 2 is 1.76 bits per heavy atom. The standard InChI is InChI=1S/C24H29F3N6O/c1-16-12-31(13-17(2)32(16)14-18-6-9-34-10-7-18)22-5-8-28-23(30-22)20-11-29-21-4-3-19(15-33(20)21)24(25,26)27/h3-5,8,11,15-18H,6-7,9-10,12-14H2,1-2H3. The Kier molecular flexibility index (Phi) is 6.20. The molecule has 0 aromatic carbocycles. The third kappa shape index (κ3) is 4.61. The van der Waals surface area contributed by atoms with Crippen LogP contribution in [0.3, 0.4) is 0 Å². The van der Waals surface area contributed by atoms with Gasteiger partial charge in [-0.25, -0.2) is 15.0 Å². The highest BCUT2D eigenvalue weighted by molar-refractivity contribution is 5.59. The Morgan fingerprint density at radius 1 is 1.03 bits per heavy atom. The first-order valence-electron chi connectivity index (χ1n) is 11.8. The number of ether oxygens (including phenoxy) is 1. The average molecular weight is 475 g/mol. The van der Waals surface area contributed by atoms with E-state index in [0.717, 1.165) is 63.8 Å². The maximum atomic E-state index is 13.2. The molecule has 2 aliphatic rings.